The molecule has 136 valence electrons. The van der Waals surface area contributed by atoms with Crippen LogP contribution in [0.2, 0.25) is 0 Å². The Balaban J connectivity index is 1.74. The summed E-state index contributed by atoms with van der Waals surface area (Å²) in [6.07, 6.45) is 2.66. The van der Waals surface area contributed by atoms with Gasteiger partial charge >= 0.3 is 0 Å². The SMILES string of the molecule is Cc1c(C)c(C)c(N2C=[N+]([C@H]3c4ccccc4C[C@@H]3O)CC2)c(C)c1C. The first-order valence-corrected chi connectivity index (χ1v) is 9.60. The maximum absolute atomic E-state index is 10.7. The van der Waals surface area contributed by atoms with Gasteiger partial charge in [0.25, 0.3) is 0 Å². The number of hydrogen-bond donors (Lipinski definition) is 1. The molecule has 0 saturated heterocycles. The summed E-state index contributed by atoms with van der Waals surface area (Å²) in [5.41, 5.74) is 10.8. The molecule has 2 aliphatic rings. The van der Waals surface area contributed by atoms with E-state index in [0.29, 0.717) is 0 Å². The van der Waals surface area contributed by atoms with E-state index in [-0.39, 0.29) is 12.1 Å². The molecule has 0 aromatic heterocycles. The van der Waals surface area contributed by atoms with E-state index in [1.54, 1.807) is 0 Å². The van der Waals surface area contributed by atoms with Crippen LogP contribution in [0.15, 0.2) is 24.3 Å². The fraction of sp³-hybridized carbons (Fsp3) is 0.435. The van der Waals surface area contributed by atoms with E-state index in [9.17, 15) is 5.11 Å². The quantitative estimate of drug-likeness (QED) is 0.836. The molecule has 2 aromatic carbocycles. The number of fused-ring (bicyclic) bond motifs is 1. The Labute approximate surface area is 156 Å². The third-order valence-corrected chi connectivity index (χ3v) is 6.66. The van der Waals surface area contributed by atoms with E-state index >= 15 is 0 Å². The van der Waals surface area contributed by atoms with Gasteiger partial charge in [-0.2, -0.15) is 0 Å². The van der Waals surface area contributed by atoms with E-state index in [2.05, 4.69) is 74.7 Å². The number of anilines is 1. The molecule has 2 atom stereocenters. The second-order valence-corrected chi connectivity index (χ2v) is 7.94. The molecular formula is C23H29N2O+. The molecule has 26 heavy (non-hydrogen) atoms. The summed E-state index contributed by atoms with van der Waals surface area (Å²) in [4.78, 5) is 2.39. The van der Waals surface area contributed by atoms with Crippen molar-refractivity contribution in [3.8, 4) is 0 Å². The van der Waals surface area contributed by atoms with E-state index in [4.69, 9.17) is 0 Å². The first-order valence-electron chi connectivity index (χ1n) is 9.60. The van der Waals surface area contributed by atoms with Gasteiger partial charge in [0.2, 0.25) is 6.34 Å². The summed E-state index contributed by atoms with van der Waals surface area (Å²) in [7, 11) is 0. The molecule has 1 N–H and O–H groups in total. The largest absolute Gasteiger partial charge is 0.388 e. The van der Waals surface area contributed by atoms with Gasteiger partial charge in [-0.3, -0.25) is 4.58 Å². The highest BCUT2D eigenvalue weighted by Gasteiger charge is 2.39. The van der Waals surface area contributed by atoms with E-state index < -0.39 is 0 Å². The normalized spacial score (nSPS) is 21.9. The molecule has 1 aliphatic heterocycles. The second kappa shape index (κ2) is 6.24. The maximum Gasteiger partial charge on any atom is 0.240 e. The van der Waals surface area contributed by atoms with Gasteiger partial charge < -0.3 is 5.11 Å². The van der Waals surface area contributed by atoms with Crippen molar-refractivity contribution in [3.05, 3.63) is 63.2 Å². The minimum Gasteiger partial charge on any atom is -0.388 e. The molecule has 1 heterocycles. The average molecular weight is 349 g/mol. The Bertz CT molecular complexity index is 884. The molecular weight excluding hydrogens is 320 g/mol. The molecule has 0 saturated carbocycles. The second-order valence-electron chi connectivity index (χ2n) is 7.94. The lowest BCUT2D eigenvalue weighted by atomic mass is 9.92. The number of aliphatic hydroxyl groups excluding tert-OH is 1. The highest BCUT2D eigenvalue weighted by atomic mass is 16.3. The van der Waals surface area contributed by atoms with Gasteiger partial charge in [0.05, 0.1) is 0 Å². The molecule has 0 fully saturated rings. The minimum atomic E-state index is -0.327. The van der Waals surface area contributed by atoms with Crippen molar-refractivity contribution in [1.29, 1.82) is 0 Å². The van der Waals surface area contributed by atoms with Crippen LogP contribution in [0.1, 0.15) is 45.0 Å². The maximum atomic E-state index is 10.7. The smallest absolute Gasteiger partial charge is 0.240 e. The number of nitrogens with zero attached hydrogens (tertiary/aromatic N) is 2. The minimum absolute atomic E-state index is 0.0736. The zero-order valence-electron chi connectivity index (χ0n) is 16.5. The standard InChI is InChI=1S/C23H29N2O/c1-14-15(2)17(4)22(18(5)16(14)3)24-10-11-25(13-24)23-20-9-7-6-8-19(20)12-21(23)26/h6-9,13,21,23,26H,10-12H2,1-5H3/q+1/t21-,23-/m0/s1. The van der Waals surface area contributed by atoms with Crippen LogP contribution in [0.3, 0.4) is 0 Å². The Morgan fingerprint density at radius 1 is 0.923 bits per heavy atom. The van der Waals surface area contributed by atoms with E-state index in [1.807, 2.05) is 0 Å². The summed E-state index contributed by atoms with van der Waals surface area (Å²) in [5, 5.41) is 10.7. The number of rotatable bonds is 2. The molecule has 1 aliphatic carbocycles. The van der Waals surface area contributed by atoms with Crippen molar-refractivity contribution in [2.75, 3.05) is 18.0 Å². The number of benzene rings is 2. The van der Waals surface area contributed by atoms with Crippen LogP contribution in [-0.4, -0.2) is 35.2 Å². The Morgan fingerprint density at radius 2 is 1.54 bits per heavy atom. The molecule has 4 rings (SSSR count). The van der Waals surface area contributed by atoms with Crippen LogP contribution in [0, 0.1) is 34.6 Å². The predicted molar refractivity (Wildman–Crippen MR) is 108 cm³/mol. The summed E-state index contributed by atoms with van der Waals surface area (Å²) in [6, 6.07) is 8.54. The Kier molecular flexibility index (Phi) is 4.15. The molecule has 0 unspecified atom stereocenters. The zero-order chi connectivity index (χ0) is 18.6. The summed E-state index contributed by atoms with van der Waals surface area (Å²) < 4.78 is 2.33. The Morgan fingerprint density at radius 3 is 2.23 bits per heavy atom. The fourth-order valence-corrected chi connectivity index (χ4v) is 4.76. The highest BCUT2D eigenvalue weighted by molar-refractivity contribution is 5.82. The molecule has 3 heteroatoms. The first-order chi connectivity index (χ1) is 12.4. The number of aliphatic hydroxyl groups is 1. The topological polar surface area (TPSA) is 26.5 Å². The van der Waals surface area contributed by atoms with Gasteiger partial charge in [0.1, 0.15) is 30.9 Å². The molecule has 0 bridgehead atoms. The van der Waals surface area contributed by atoms with Crippen molar-refractivity contribution < 1.29 is 9.68 Å². The van der Waals surface area contributed by atoms with Crippen molar-refractivity contribution in [2.45, 2.75) is 53.2 Å². The van der Waals surface area contributed by atoms with Crippen LogP contribution in [0.4, 0.5) is 5.69 Å². The molecule has 0 amide bonds. The zero-order valence-corrected chi connectivity index (χ0v) is 16.5. The highest BCUT2D eigenvalue weighted by Crippen LogP contribution is 2.37. The van der Waals surface area contributed by atoms with E-state index in [0.717, 1.165) is 19.5 Å². The predicted octanol–water partition coefficient (Wildman–Crippen LogP) is 3.75. The summed E-state index contributed by atoms with van der Waals surface area (Å²) in [5.74, 6) is 0. The van der Waals surface area contributed by atoms with Crippen LogP contribution < -0.4 is 4.90 Å². The van der Waals surface area contributed by atoms with Gasteiger partial charge in [-0.1, -0.05) is 24.3 Å². The van der Waals surface area contributed by atoms with Crippen LogP contribution in [0.25, 0.3) is 0 Å². The van der Waals surface area contributed by atoms with E-state index in [1.165, 1.54) is 44.6 Å². The van der Waals surface area contributed by atoms with Gasteiger partial charge in [-0.25, -0.2) is 4.90 Å². The van der Waals surface area contributed by atoms with Gasteiger partial charge in [0.15, 0.2) is 0 Å². The molecule has 3 nitrogen and oxygen atoms in total. The lowest BCUT2D eigenvalue weighted by Gasteiger charge is -2.20. The first kappa shape index (κ1) is 17.3. The molecule has 0 spiro atoms. The average Bonchev–Trinajstić information content (AvgIpc) is 3.21. The van der Waals surface area contributed by atoms with Crippen molar-refractivity contribution in [3.63, 3.8) is 0 Å². The molecule has 2 aromatic rings. The van der Waals surface area contributed by atoms with Gasteiger partial charge in [-0.15, -0.1) is 0 Å². The third kappa shape index (κ3) is 2.49. The summed E-state index contributed by atoms with van der Waals surface area (Å²) in [6.45, 7) is 13.1. The third-order valence-electron chi connectivity index (χ3n) is 6.66. The van der Waals surface area contributed by atoms with Gasteiger partial charge in [0, 0.05) is 12.0 Å². The van der Waals surface area contributed by atoms with Gasteiger partial charge in [-0.05, 0) is 68.0 Å². The molecule has 0 radical (unpaired) electrons. The van der Waals surface area contributed by atoms with Crippen LogP contribution in [-0.2, 0) is 6.42 Å². The summed E-state index contributed by atoms with van der Waals surface area (Å²) >= 11 is 0. The fourth-order valence-electron chi connectivity index (χ4n) is 4.76. The number of hydrogen-bond acceptors (Lipinski definition) is 2. The van der Waals surface area contributed by atoms with Crippen LogP contribution >= 0.6 is 0 Å². The monoisotopic (exact) mass is 349 g/mol. The lowest BCUT2D eigenvalue weighted by molar-refractivity contribution is -0.568. The van der Waals surface area contributed by atoms with Crippen molar-refractivity contribution >= 4 is 12.0 Å². The lowest BCUT2D eigenvalue weighted by Crippen LogP contribution is -2.26. The Hall–Kier alpha value is -2.13. The van der Waals surface area contributed by atoms with Crippen molar-refractivity contribution in [2.24, 2.45) is 0 Å². The van der Waals surface area contributed by atoms with Crippen LogP contribution in [0.5, 0.6) is 0 Å². The van der Waals surface area contributed by atoms with Crippen molar-refractivity contribution in [1.82, 2.24) is 0 Å².